The third-order valence-corrected chi connectivity index (χ3v) is 6.85. The van der Waals surface area contributed by atoms with E-state index in [2.05, 4.69) is 17.4 Å². The molecule has 2 fully saturated rings. The van der Waals surface area contributed by atoms with Crippen molar-refractivity contribution in [3.63, 3.8) is 0 Å². The first-order valence-electron chi connectivity index (χ1n) is 11.9. The van der Waals surface area contributed by atoms with Crippen LogP contribution in [0.25, 0.3) is 0 Å². The van der Waals surface area contributed by atoms with Crippen molar-refractivity contribution in [1.29, 1.82) is 0 Å². The van der Waals surface area contributed by atoms with Gasteiger partial charge >= 0.3 is 7.12 Å². The Kier molecular flexibility index (Phi) is 10.4. The van der Waals surface area contributed by atoms with Gasteiger partial charge in [0, 0.05) is 13.1 Å². The summed E-state index contributed by atoms with van der Waals surface area (Å²) in [4.78, 5) is 27.2. The Hall–Kier alpha value is -1.65. The van der Waals surface area contributed by atoms with Crippen molar-refractivity contribution in [2.45, 2.75) is 76.6 Å². The highest BCUT2D eigenvalue weighted by Gasteiger charge is 2.54. The summed E-state index contributed by atoms with van der Waals surface area (Å²) in [5.74, 6) is -0.861. The predicted molar refractivity (Wildman–Crippen MR) is 135 cm³/mol. The predicted octanol–water partition coefficient (Wildman–Crippen LogP) is 2.12. The van der Waals surface area contributed by atoms with E-state index < -0.39 is 24.4 Å². The normalized spacial score (nSPS) is 20.9. The number of carbonyl (C=O) groups is 2. The molecule has 0 radical (unpaired) electrons. The quantitative estimate of drug-likeness (QED) is 0.509. The van der Waals surface area contributed by atoms with E-state index in [0.717, 1.165) is 12.8 Å². The summed E-state index contributed by atoms with van der Waals surface area (Å²) in [6, 6.07) is 9.29. The average Bonchev–Trinajstić information content (AvgIpc) is 3.01. The molecule has 0 aromatic heterocycles. The van der Waals surface area contributed by atoms with Gasteiger partial charge in [0.25, 0.3) is 0 Å². The molecule has 0 spiro atoms. The van der Waals surface area contributed by atoms with E-state index in [-0.39, 0.29) is 36.6 Å². The van der Waals surface area contributed by atoms with Crippen molar-refractivity contribution in [3.05, 3.63) is 35.9 Å². The summed E-state index contributed by atoms with van der Waals surface area (Å²) in [5.41, 5.74) is 6.35. The van der Waals surface area contributed by atoms with Gasteiger partial charge in [-0.1, -0.05) is 30.3 Å². The van der Waals surface area contributed by atoms with Crippen molar-refractivity contribution in [2.75, 3.05) is 26.3 Å². The number of nitrogens with one attached hydrogen (secondary N) is 1. The maximum absolute atomic E-state index is 12.9. The number of morpholine rings is 1. The van der Waals surface area contributed by atoms with Crippen LogP contribution in [0.2, 0.25) is 0 Å². The van der Waals surface area contributed by atoms with Crippen molar-refractivity contribution >= 4 is 31.3 Å². The van der Waals surface area contributed by atoms with E-state index in [1.807, 2.05) is 45.9 Å². The first-order valence-corrected chi connectivity index (χ1v) is 11.9. The van der Waals surface area contributed by atoms with Crippen LogP contribution in [0, 0.1) is 0 Å². The molecule has 34 heavy (non-hydrogen) atoms. The Morgan fingerprint density at radius 2 is 1.68 bits per heavy atom. The maximum atomic E-state index is 12.9. The maximum Gasteiger partial charge on any atom is 0.481 e. The Bertz CT molecular complexity index is 789. The molecule has 1 aromatic rings. The molecule has 2 amide bonds. The number of nitrogens with two attached hydrogens (primary N) is 1. The lowest BCUT2D eigenvalue weighted by Crippen LogP contribution is -2.54. The van der Waals surface area contributed by atoms with Gasteiger partial charge in [0.15, 0.2) is 0 Å². The molecule has 2 heterocycles. The number of hydrogen-bond donors (Lipinski definition) is 2. The minimum atomic E-state index is -0.931. The largest absolute Gasteiger partial charge is 0.481 e. The van der Waals surface area contributed by atoms with Gasteiger partial charge in [-0.05, 0) is 52.5 Å². The van der Waals surface area contributed by atoms with E-state index in [0.29, 0.717) is 32.7 Å². The molecule has 1 unspecified atom stereocenters. The van der Waals surface area contributed by atoms with E-state index in [1.54, 1.807) is 4.90 Å². The minimum Gasteiger partial charge on any atom is -0.402 e. The lowest BCUT2D eigenvalue weighted by atomic mass is 9.75. The van der Waals surface area contributed by atoms with Crippen LogP contribution in [-0.4, -0.2) is 73.3 Å². The SMILES string of the molecule is CC1(C)OB([C@@H](CCCc2ccccc2)NC(=O)C(N)CC(=O)N2CCOCC2)OC1(C)C.Cl. The second-order valence-corrected chi connectivity index (χ2v) is 9.92. The smallest absolute Gasteiger partial charge is 0.402 e. The molecule has 0 aliphatic carbocycles. The highest BCUT2D eigenvalue weighted by molar-refractivity contribution is 6.48. The molecule has 3 rings (SSSR count). The van der Waals surface area contributed by atoms with E-state index >= 15 is 0 Å². The molecule has 1 aromatic carbocycles. The molecule has 190 valence electrons. The molecule has 3 N–H and O–H groups in total. The summed E-state index contributed by atoms with van der Waals surface area (Å²) in [5, 5.41) is 3.02. The number of nitrogens with zero attached hydrogens (tertiary/aromatic N) is 1. The fraction of sp³-hybridized carbons (Fsp3) is 0.667. The number of aryl methyl sites for hydroxylation is 1. The summed E-state index contributed by atoms with van der Waals surface area (Å²) < 4.78 is 17.7. The number of rotatable bonds is 9. The summed E-state index contributed by atoms with van der Waals surface area (Å²) in [6.45, 7) is 10.0. The molecular weight excluding hydrogens is 457 g/mol. The number of carbonyl (C=O) groups excluding carboxylic acids is 2. The third kappa shape index (κ3) is 7.42. The standard InChI is InChI=1S/C24H38BN3O5.ClH/c1-23(2)24(3,4)33-25(32-23)20(12-8-11-18-9-6-5-7-10-18)27-22(30)19(26)17-21(29)28-13-15-31-16-14-28;/h5-7,9-10,19-20H,8,11-17,26H2,1-4H3,(H,27,30);1H/t19?,20-;/m1./s1. The van der Waals surface area contributed by atoms with Gasteiger partial charge in [0.1, 0.15) is 0 Å². The van der Waals surface area contributed by atoms with E-state index in [4.69, 9.17) is 19.8 Å². The zero-order valence-corrected chi connectivity index (χ0v) is 21.6. The Morgan fingerprint density at radius 3 is 2.26 bits per heavy atom. The second kappa shape index (κ2) is 12.4. The van der Waals surface area contributed by atoms with Crippen LogP contribution < -0.4 is 11.1 Å². The van der Waals surface area contributed by atoms with E-state index in [9.17, 15) is 9.59 Å². The van der Waals surface area contributed by atoms with Gasteiger partial charge in [-0.2, -0.15) is 0 Å². The average molecular weight is 496 g/mol. The topological polar surface area (TPSA) is 103 Å². The molecule has 0 saturated carbocycles. The molecular formula is C24H39BClN3O5. The molecule has 2 aliphatic rings. The highest BCUT2D eigenvalue weighted by Crippen LogP contribution is 2.38. The van der Waals surface area contributed by atoms with Crippen molar-refractivity contribution in [2.24, 2.45) is 5.73 Å². The van der Waals surface area contributed by atoms with Gasteiger partial charge in [0.2, 0.25) is 11.8 Å². The Morgan fingerprint density at radius 1 is 1.09 bits per heavy atom. The van der Waals surface area contributed by atoms with Crippen molar-refractivity contribution in [3.8, 4) is 0 Å². The van der Waals surface area contributed by atoms with Gasteiger partial charge in [-0.3, -0.25) is 9.59 Å². The van der Waals surface area contributed by atoms with Crippen molar-refractivity contribution < 1.29 is 23.6 Å². The third-order valence-electron chi connectivity index (χ3n) is 6.85. The highest BCUT2D eigenvalue weighted by atomic mass is 35.5. The van der Waals surface area contributed by atoms with Crippen molar-refractivity contribution in [1.82, 2.24) is 10.2 Å². The lowest BCUT2D eigenvalue weighted by molar-refractivity contribution is -0.137. The Balaban J connectivity index is 0.00000408. The molecule has 0 bridgehead atoms. The zero-order valence-electron chi connectivity index (χ0n) is 20.7. The van der Waals surface area contributed by atoms with Crippen LogP contribution in [0.1, 0.15) is 52.5 Å². The van der Waals surface area contributed by atoms with E-state index in [1.165, 1.54) is 5.56 Å². The molecule has 8 nitrogen and oxygen atoms in total. The van der Waals surface area contributed by atoms with Crippen LogP contribution in [0.4, 0.5) is 0 Å². The number of amides is 2. The molecule has 2 aliphatic heterocycles. The Labute approximate surface area is 209 Å². The lowest BCUT2D eigenvalue weighted by Gasteiger charge is -2.32. The van der Waals surface area contributed by atoms with Crippen LogP contribution >= 0.6 is 12.4 Å². The number of benzene rings is 1. The second-order valence-electron chi connectivity index (χ2n) is 9.92. The van der Waals surface area contributed by atoms with Crippen LogP contribution in [0.3, 0.4) is 0 Å². The molecule has 2 saturated heterocycles. The molecule has 10 heteroatoms. The van der Waals surface area contributed by atoms with Gasteiger partial charge in [-0.15, -0.1) is 12.4 Å². The van der Waals surface area contributed by atoms with Crippen LogP contribution in [-0.2, 0) is 30.1 Å². The number of ether oxygens (including phenoxy) is 1. The summed E-state index contributed by atoms with van der Waals surface area (Å²) in [7, 11) is -0.586. The first kappa shape index (κ1) is 28.6. The minimum absolute atomic E-state index is 0. The van der Waals surface area contributed by atoms with Gasteiger partial charge in [0.05, 0.1) is 42.8 Å². The first-order chi connectivity index (χ1) is 15.6. The van der Waals surface area contributed by atoms with Crippen LogP contribution in [0.15, 0.2) is 30.3 Å². The summed E-state index contributed by atoms with van der Waals surface area (Å²) in [6.07, 6.45) is 2.36. The fourth-order valence-corrected chi connectivity index (χ4v) is 4.01. The van der Waals surface area contributed by atoms with Gasteiger partial charge < -0.3 is 30.0 Å². The van der Waals surface area contributed by atoms with Crippen LogP contribution in [0.5, 0.6) is 0 Å². The zero-order chi connectivity index (χ0) is 24.1. The van der Waals surface area contributed by atoms with Gasteiger partial charge in [-0.25, -0.2) is 0 Å². The monoisotopic (exact) mass is 495 g/mol. The molecule has 2 atom stereocenters. The number of hydrogen-bond acceptors (Lipinski definition) is 6. The fourth-order valence-electron chi connectivity index (χ4n) is 4.01. The summed E-state index contributed by atoms with van der Waals surface area (Å²) >= 11 is 0. The number of halogens is 1.